The highest BCUT2D eigenvalue weighted by atomic mass is 16.5. The summed E-state index contributed by atoms with van der Waals surface area (Å²) in [4.78, 5) is 11.5. The molecule has 0 heterocycles. The van der Waals surface area contributed by atoms with Crippen molar-refractivity contribution in [2.24, 2.45) is 51.8 Å². The Bertz CT molecular complexity index is 587. The van der Waals surface area contributed by atoms with Crippen LogP contribution in [0.15, 0.2) is 0 Å². The molecule has 0 aromatic heterocycles. The second-order valence-corrected chi connectivity index (χ2v) is 11.0. The van der Waals surface area contributed by atoms with Gasteiger partial charge in [0.05, 0.1) is 6.10 Å². The third kappa shape index (κ3) is 1.79. The van der Waals surface area contributed by atoms with Crippen LogP contribution in [0.4, 0.5) is 0 Å². The van der Waals surface area contributed by atoms with E-state index in [0.717, 1.165) is 23.7 Å². The van der Waals surface area contributed by atoms with Gasteiger partial charge in [-0.15, -0.1) is 0 Å². The van der Waals surface area contributed by atoms with Gasteiger partial charge in [0, 0.05) is 18.4 Å². The number of carbonyl (C=O) groups is 1. The first-order valence-electron chi connectivity index (χ1n) is 10.9. The van der Waals surface area contributed by atoms with E-state index in [1.54, 1.807) is 0 Å². The Kier molecular flexibility index (Phi) is 3.43. The van der Waals surface area contributed by atoms with Crippen LogP contribution in [0.3, 0.4) is 0 Å². The Morgan fingerprint density at radius 3 is 2.56 bits per heavy atom. The van der Waals surface area contributed by atoms with Crippen LogP contribution in [-0.2, 0) is 9.53 Å². The molecule has 0 aromatic carbocycles. The molecule has 10 atom stereocenters. The molecule has 5 aliphatic rings. The molecular weight excluding hydrogens is 308 g/mol. The number of fused-ring (bicyclic) bond motifs is 4. The van der Waals surface area contributed by atoms with Crippen LogP contribution in [0.2, 0.25) is 0 Å². The number of methoxy groups -OCH3 is 1. The molecule has 5 fully saturated rings. The summed E-state index contributed by atoms with van der Waals surface area (Å²) in [6, 6.07) is 0. The van der Waals surface area contributed by atoms with Gasteiger partial charge in [-0.2, -0.15) is 0 Å². The maximum Gasteiger partial charge on any atom is 0.123 e. The first-order chi connectivity index (χ1) is 11.9. The zero-order valence-corrected chi connectivity index (χ0v) is 16.6. The third-order valence-corrected chi connectivity index (χ3v) is 10.8. The second-order valence-electron chi connectivity index (χ2n) is 11.0. The Labute approximate surface area is 153 Å². The van der Waals surface area contributed by atoms with Crippen LogP contribution in [0.5, 0.6) is 0 Å². The van der Waals surface area contributed by atoms with E-state index in [0.29, 0.717) is 28.3 Å². The van der Waals surface area contributed by atoms with Crippen LogP contribution >= 0.6 is 0 Å². The van der Waals surface area contributed by atoms with Gasteiger partial charge in [-0.25, -0.2) is 0 Å². The highest BCUT2D eigenvalue weighted by molar-refractivity contribution is 5.53. The number of ether oxygens (including phenoxy) is 1. The minimum absolute atomic E-state index is 0.231. The minimum atomic E-state index is 0.231. The molecule has 0 saturated heterocycles. The monoisotopic (exact) mass is 344 g/mol. The summed E-state index contributed by atoms with van der Waals surface area (Å²) >= 11 is 0. The van der Waals surface area contributed by atoms with Gasteiger partial charge in [0.2, 0.25) is 0 Å². The van der Waals surface area contributed by atoms with Crippen LogP contribution in [-0.4, -0.2) is 19.5 Å². The molecule has 0 bridgehead atoms. The number of hydrogen-bond donors (Lipinski definition) is 0. The lowest BCUT2D eigenvalue weighted by molar-refractivity contribution is -0.161. The van der Waals surface area contributed by atoms with Crippen LogP contribution < -0.4 is 0 Å². The Hall–Kier alpha value is -0.370. The molecule has 2 nitrogen and oxygen atoms in total. The normalized spacial score (nSPS) is 60.2. The van der Waals surface area contributed by atoms with Crippen molar-refractivity contribution in [3.05, 3.63) is 0 Å². The molecule has 140 valence electrons. The van der Waals surface area contributed by atoms with E-state index in [9.17, 15) is 4.79 Å². The first kappa shape index (κ1) is 16.8. The predicted molar refractivity (Wildman–Crippen MR) is 99.1 cm³/mol. The van der Waals surface area contributed by atoms with Gasteiger partial charge in [-0.3, -0.25) is 0 Å². The van der Waals surface area contributed by atoms with E-state index >= 15 is 0 Å². The van der Waals surface area contributed by atoms with Gasteiger partial charge in [-0.05, 0) is 91.8 Å². The van der Waals surface area contributed by atoms with Gasteiger partial charge in [-0.1, -0.05) is 20.8 Å². The predicted octanol–water partition coefficient (Wildman–Crippen LogP) is 5.11. The average molecular weight is 345 g/mol. The van der Waals surface area contributed by atoms with Crippen molar-refractivity contribution in [1.29, 1.82) is 0 Å². The highest BCUT2D eigenvalue weighted by Crippen LogP contribution is 2.82. The lowest BCUT2D eigenvalue weighted by Gasteiger charge is -2.61. The molecule has 0 N–H and O–H groups in total. The molecule has 1 spiro atoms. The van der Waals surface area contributed by atoms with E-state index in [2.05, 4.69) is 20.8 Å². The van der Waals surface area contributed by atoms with Crippen molar-refractivity contribution in [3.63, 3.8) is 0 Å². The van der Waals surface area contributed by atoms with Crippen LogP contribution in [0, 0.1) is 51.8 Å². The fourth-order valence-corrected chi connectivity index (χ4v) is 9.58. The smallest absolute Gasteiger partial charge is 0.123 e. The maximum absolute atomic E-state index is 11.5. The average Bonchev–Trinajstić information content (AvgIpc) is 3.12. The summed E-state index contributed by atoms with van der Waals surface area (Å²) in [5.41, 5.74) is 1.45. The molecular formula is C23H36O2. The molecule has 0 radical (unpaired) electrons. The van der Waals surface area contributed by atoms with Crippen molar-refractivity contribution < 1.29 is 9.53 Å². The molecule has 5 rings (SSSR count). The van der Waals surface area contributed by atoms with E-state index in [1.165, 1.54) is 57.7 Å². The van der Waals surface area contributed by atoms with Gasteiger partial charge in [0.15, 0.2) is 0 Å². The summed E-state index contributed by atoms with van der Waals surface area (Å²) in [6.45, 7) is 7.35. The van der Waals surface area contributed by atoms with E-state index < -0.39 is 0 Å². The topological polar surface area (TPSA) is 26.3 Å². The summed E-state index contributed by atoms with van der Waals surface area (Å²) in [6.07, 6.45) is 12.7. The van der Waals surface area contributed by atoms with Crippen molar-refractivity contribution in [3.8, 4) is 0 Å². The van der Waals surface area contributed by atoms with E-state index in [-0.39, 0.29) is 5.92 Å². The van der Waals surface area contributed by atoms with Crippen molar-refractivity contribution in [1.82, 2.24) is 0 Å². The Morgan fingerprint density at radius 1 is 1.08 bits per heavy atom. The molecule has 5 saturated carbocycles. The lowest BCUT2D eigenvalue weighted by atomic mass is 9.45. The summed E-state index contributed by atoms with van der Waals surface area (Å²) < 4.78 is 6.18. The van der Waals surface area contributed by atoms with Crippen molar-refractivity contribution >= 4 is 6.29 Å². The van der Waals surface area contributed by atoms with Crippen molar-refractivity contribution in [2.75, 3.05) is 7.11 Å². The quantitative estimate of drug-likeness (QED) is 0.665. The number of rotatable bonds is 3. The number of aldehydes is 1. The van der Waals surface area contributed by atoms with E-state index in [4.69, 9.17) is 4.74 Å². The summed E-state index contributed by atoms with van der Waals surface area (Å²) in [5.74, 6) is 4.37. The Balaban J connectivity index is 1.50. The van der Waals surface area contributed by atoms with Crippen LogP contribution in [0.1, 0.15) is 72.1 Å². The molecule has 1 unspecified atom stereocenters. The fourth-order valence-electron chi connectivity index (χ4n) is 9.58. The summed E-state index contributed by atoms with van der Waals surface area (Å²) in [5, 5.41) is 0. The minimum Gasteiger partial charge on any atom is -0.381 e. The number of hydrogen-bond acceptors (Lipinski definition) is 2. The van der Waals surface area contributed by atoms with Gasteiger partial charge < -0.3 is 9.53 Å². The first-order valence-corrected chi connectivity index (χ1v) is 10.9. The van der Waals surface area contributed by atoms with Gasteiger partial charge in [0.25, 0.3) is 0 Å². The van der Waals surface area contributed by atoms with Gasteiger partial charge in [0.1, 0.15) is 6.29 Å². The molecule has 0 aliphatic heterocycles. The van der Waals surface area contributed by atoms with Crippen LogP contribution in [0.25, 0.3) is 0 Å². The van der Waals surface area contributed by atoms with Crippen molar-refractivity contribution in [2.45, 2.75) is 78.2 Å². The molecule has 2 heteroatoms. The van der Waals surface area contributed by atoms with E-state index in [1.807, 2.05) is 7.11 Å². The standard InChI is InChI=1S/C23H36O2/c1-14(13-24)17-5-6-18-16-11-20(25-4)23-12-15(23)7-10-22(23,3)19(16)8-9-21(17,18)2/h13-20H,5-12H2,1-4H3/t14-,15+,16+,17-,18+,19+,20-,21-,22-,23?/m1/s1. The number of carbonyl (C=O) groups excluding carboxylic acids is 1. The SMILES string of the molecule is CO[C@@H]1C[C@H]2[C@@H]3CC[C@H]([C@H](C)C=O)[C@@]3(C)CC[C@@H]2[C@@]2(C)CC[C@H]3CC312. The highest BCUT2D eigenvalue weighted by Gasteiger charge is 2.77. The van der Waals surface area contributed by atoms with Gasteiger partial charge >= 0.3 is 0 Å². The Morgan fingerprint density at radius 2 is 1.88 bits per heavy atom. The third-order valence-electron chi connectivity index (χ3n) is 10.8. The molecule has 25 heavy (non-hydrogen) atoms. The maximum atomic E-state index is 11.5. The largest absolute Gasteiger partial charge is 0.381 e. The summed E-state index contributed by atoms with van der Waals surface area (Å²) in [7, 11) is 1.97. The fraction of sp³-hybridized carbons (Fsp3) is 0.957. The molecule has 5 aliphatic carbocycles. The lowest BCUT2D eigenvalue weighted by Crippen LogP contribution is -2.57. The molecule has 0 amide bonds. The zero-order chi connectivity index (χ0) is 17.6. The second kappa shape index (κ2) is 5.12. The zero-order valence-electron chi connectivity index (χ0n) is 16.6. The molecule has 0 aromatic rings.